The van der Waals surface area contributed by atoms with Crippen LogP contribution in [-0.2, 0) is 32.6 Å². The summed E-state index contributed by atoms with van der Waals surface area (Å²) in [5, 5.41) is 3.36. The SMILES string of the molecule is CCC(C)NC(=O)C(Cc1ccccc1)N(Cc1ccccc1Cl)C(=O)CN(c1ccccc1F)S(=O)(=O)c1ccccc1. The minimum atomic E-state index is -4.39. The Hall–Kier alpha value is -4.21. The summed E-state index contributed by atoms with van der Waals surface area (Å²) in [6, 6.07) is 27.9. The zero-order valence-electron chi connectivity index (χ0n) is 24.6. The Labute approximate surface area is 263 Å². The van der Waals surface area contributed by atoms with E-state index >= 15 is 4.39 Å². The fourth-order valence-electron chi connectivity index (χ4n) is 4.69. The molecule has 4 aromatic rings. The van der Waals surface area contributed by atoms with Gasteiger partial charge in [-0.25, -0.2) is 12.8 Å². The lowest BCUT2D eigenvalue weighted by atomic mass is 10.0. The second kappa shape index (κ2) is 15.0. The number of amides is 2. The van der Waals surface area contributed by atoms with Gasteiger partial charge in [-0.15, -0.1) is 0 Å². The Kier molecular flexibility index (Phi) is 11.1. The van der Waals surface area contributed by atoms with Crippen LogP contribution in [0, 0.1) is 5.82 Å². The molecule has 2 amide bonds. The van der Waals surface area contributed by atoms with Gasteiger partial charge in [-0.2, -0.15) is 0 Å². The maximum Gasteiger partial charge on any atom is 0.264 e. The predicted octanol–water partition coefficient (Wildman–Crippen LogP) is 6.23. The molecule has 0 aromatic heterocycles. The molecule has 230 valence electrons. The highest BCUT2D eigenvalue weighted by atomic mass is 35.5. The smallest absolute Gasteiger partial charge is 0.264 e. The van der Waals surface area contributed by atoms with Crippen LogP contribution < -0.4 is 9.62 Å². The van der Waals surface area contributed by atoms with E-state index in [9.17, 15) is 18.0 Å². The molecule has 0 saturated heterocycles. The van der Waals surface area contributed by atoms with Gasteiger partial charge in [0.1, 0.15) is 18.4 Å². The standard InChI is InChI=1S/C34H35ClFN3O4S/c1-3-25(2)37-34(41)32(22-26-14-6-4-7-15-26)38(23-27-16-10-11-19-29(27)35)33(40)24-39(31-21-13-12-20-30(31)36)44(42,43)28-17-8-5-9-18-28/h4-21,25,32H,3,22-24H2,1-2H3,(H,37,41). The maximum atomic E-state index is 15.2. The van der Waals surface area contributed by atoms with Crippen molar-refractivity contribution in [2.45, 2.75) is 50.2 Å². The predicted molar refractivity (Wildman–Crippen MR) is 171 cm³/mol. The number of para-hydroxylation sites is 1. The molecule has 2 atom stereocenters. The number of rotatable bonds is 13. The Balaban J connectivity index is 1.82. The van der Waals surface area contributed by atoms with E-state index in [0.717, 1.165) is 15.9 Å². The van der Waals surface area contributed by atoms with Crippen LogP contribution in [0.25, 0.3) is 0 Å². The lowest BCUT2D eigenvalue weighted by Gasteiger charge is -2.34. The Morgan fingerprint density at radius 2 is 1.45 bits per heavy atom. The summed E-state index contributed by atoms with van der Waals surface area (Å²) in [6.07, 6.45) is 0.822. The molecule has 0 aliphatic heterocycles. The number of carbonyl (C=O) groups is 2. The van der Waals surface area contributed by atoms with E-state index < -0.39 is 40.2 Å². The van der Waals surface area contributed by atoms with Crippen molar-refractivity contribution in [1.29, 1.82) is 0 Å². The minimum absolute atomic E-state index is 0.0829. The van der Waals surface area contributed by atoms with E-state index in [2.05, 4.69) is 5.32 Å². The number of benzene rings is 4. The van der Waals surface area contributed by atoms with E-state index in [-0.39, 0.29) is 29.6 Å². The fraction of sp³-hybridized carbons (Fsp3) is 0.235. The summed E-state index contributed by atoms with van der Waals surface area (Å²) in [5.74, 6) is -1.91. The van der Waals surface area contributed by atoms with Crippen molar-refractivity contribution in [1.82, 2.24) is 10.2 Å². The molecule has 7 nitrogen and oxygen atoms in total. The lowest BCUT2D eigenvalue weighted by molar-refractivity contribution is -0.140. The Bertz CT molecular complexity index is 1670. The van der Waals surface area contributed by atoms with Crippen molar-refractivity contribution in [3.63, 3.8) is 0 Å². The highest BCUT2D eigenvalue weighted by molar-refractivity contribution is 7.92. The number of carbonyl (C=O) groups excluding carboxylic acids is 2. The number of nitrogens with one attached hydrogen (secondary N) is 1. The number of sulfonamides is 1. The molecule has 0 fully saturated rings. The highest BCUT2D eigenvalue weighted by Crippen LogP contribution is 2.28. The van der Waals surface area contributed by atoms with Crippen LogP contribution in [0.4, 0.5) is 10.1 Å². The average molecular weight is 636 g/mol. The van der Waals surface area contributed by atoms with Crippen molar-refractivity contribution in [2.24, 2.45) is 0 Å². The van der Waals surface area contributed by atoms with Gasteiger partial charge >= 0.3 is 0 Å². The summed E-state index contributed by atoms with van der Waals surface area (Å²) < 4.78 is 43.8. The van der Waals surface area contributed by atoms with Crippen LogP contribution in [-0.4, -0.2) is 43.8 Å². The molecule has 10 heteroatoms. The monoisotopic (exact) mass is 635 g/mol. The Morgan fingerprint density at radius 1 is 0.864 bits per heavy atom. The van der Waals surface area contributed by atoms with Crippen molar-refractivity contribution in [3.8, 4) is 0 Å². The van der Waals surface area contributed by atoms with Crippen LogP contribution in [0.1, 0.15) is 31.4 Å². The molecule has 2 unspecified atom stereocenters. The fourth-order valence-corrected chi connectivity index (χ4v) is 6.33. The number of hydrogen-bond acceptors (Lipinski definition) is 4. The first kappa shape index (κ1) is 32.7. The topological polar surface area (TPSA) is 86.8 Å². The second-order valence-electron chi connectivity index (χ2n) is 10.4. The van der Waals surface area contributed by atoms with Gasteiger partial charge in [0.25, 0.3) is 10.0 Å². The molecule has 4 rings (SSSR count). The third-order valence-corrected chi connectivity index (χ3v) is 9.44. The molecule has 1 N–H and O–H groups in total. The van der Waals surface area contributed by atoms with Gasteiger partial charge in [0.2, 0.25) is 11.8 Å². The quantitative estimate of drug-likeness (QED) is 0.189. The Morgan fingerprint density at radius 3 is 2.09 bits per heavy atom. The van der Waals surface area contributed by atoms with Gasteiger partial charge in [-0.3, -0.25) is 13.9 Å². The number of anilines is 1. The first-order chi connectivity index (χ1) is 21.1. The molecule has 0 aliphatic rings. The third kappa shape index (κ3) is 8.03. The highest BCUT2D eigenvalue weighted by Gasteiger charge is 2.35. The van der Waals surface area contributed by atoms with E-state index in [1.54, 1.807) is 42.5 Å². The van der Waals surface area contributed by atoms with E-state index in [1.807, 2.05) is 44.2 Å². The molecule has 44 heavy (non-hydrogen) atoms. The zero-order chi connectivity index (χ0) is 31.7. The molecule has 4 aromatic carbocycles. The molecule has 0 spiro atoms. The zero-order valence-corrected chi connectivity index (χ0v) is 26.1. The summed E-state index contributed by atoms with van der Waals surface area (Å²) >= 11 is 6.50. The van der Waals surface area contributed by atoms with Crippen molar-refractivity contribution in [3.05, 3.63) is 131 Å². The molecular formula is C34H35ClFN3O4S. The third-order valence-electron chi connectivity index (χ3n) is 7.30. The number of hydrogen-bond donors (Lipinski definition) is 1. The van der Waals surface area contributed by atoms with Crippen LogP contribution in [0.5, 0.6) is 0 Å². The van der Waals surface area contributed by atoms with Gasteiger partial charge < -0.3 is 10.2 Å². The summed E-state index contributed by atoms with van der Waals surface area (Å²) in [7, 11) is -4.39. The first-order valence-corrected chi connectivity index (χ1v) is 16.1. The first-order valence-electron chi connectivity index (χ1n) is 14.3. The van der Waals surface area contributed by atoms with Crippen molar-refractivity contribution in [2.75, 3.05) is 10.8 Å². The van der Waals surface area contributed by atoms with Crippen molar-refractivity contribution >= 4 is 39.1 Å². The van der Waals surface area contributed by atoms with Crippen LogP contribution in [0.3, 0.4) is 0 Å². The molecule has 0 aliphatic carbocycles. The normalized spacial score (nSPS) is 12.6. The second-order valence-corrected chi connectivity index (χ2v) is 12.7. The van der Waals surface area contributed by atoms with Crippen molar-refractivity contribution < 1.29 is 22.4 Å². The summed E-state index contributed by atoms with van der Waals surface area (Å²) in [5.41, 5.74) is 1.09. The number of halogens is 2. The molecule has 0 bridgehead atoms. The lowest BCUT2D eigenvalue weighted by Crippen LogP contribution is -2.54. The summed E-state index contributed by atoms with van der Waals surface area (Å²) in [4.78, 5) is 29.5. The van der Waals surface area contributed by atoms with Gasteiger partial charge in [0.15, 0.2) is 0 Å². The van der Waals surface area contributed by atoms with Gasteiger partial charge in [-0.05, 0) is 54.8 Å². The van der Waals surface area contributed by atoms with Gasteiger partial charge in [0.05, 0.1) is 10.6 Å². The largest absolute Gasteiger partial charge is 0.352 e. The van der Waals surface area contributed by atoms with Crippen LogP contribution >= 0.6 is 11.6 Å². The minimum Gasteiger partial charge on any atom is -0.352 e. The van der Waals surface area contributed by atoms with E-state index in [0.29, 0.717) is 17.0 Å². The summed E-state index contributed by atoms with van der Waals surface area (Å²) in [6.45, 7) is 2.96. The van der Waals surface area contributed by atoms with Crippen LogP contribution in [0.15, 0.2) is 114 Å². The number of nitrogens with zero attached hydrogens (tertiary/aromatic N) is 2. The molecule has 0 saturated carbocycles. The molecular weight excluding hydrogens is 601 g/mol. The van der Waals surface area contributed by atoms with Crippen LogP contribution in [0.2, 0.25) is 5.02 Å². The van der Waals surface area contributed by atoms with E-state index in [1.165, 1.54) is 35.2 Å². The molecule has 0 heterocycles. The van der Waals surface area contributed by atoms with Gasteiger partial charge in [-0.1, -0.05) is 97.4 Å². The average Bonchev–Trinajstić information content (AvgIpc) is 3.03. The van der Waals surface area contributed by atoms with E-state index in [4.69, 9.17) is 11.6 Å². The van der Waals surface area contributed by atoms with Gasteiger partial charge in [0, 0.05) is 24.0 Å². The molecule has 0 radical (unpaired) electrons. The maximum absolute atomic E-state index is 15.2.